The molecular weight excluding hydrogens is 404 g/mol. The lowest BCUT2D eigenvalue weighted by molar-refractivity contribution is -0.124. The Hall–Kier alpha value is -3.44. The molecule has 0 aliphatic heterocycles. The molecule has 3 aromatic carbocycles. The minimum atomic E-state index is -0.767. The summed E-state index contributed by atoms with van der Waals surface area (Å²) in [5.41, 5.74) is 3.10. The molecule has 2 N–H and O–H groups in total. The lowest BCUT2D eigenvalue weighted by Crippen LogP contribution is -2.37. The molecule has 5 heteroatoms. The molecule has 0 fully saturated rings. The molecule has 0 saturated carbocycles. The van der Waals surface area contributed by atoms with Crippen LogP contribution in [-0.4, -0.2) is 16.0 Å². The number of anilines is 1. The normalized spacial score (nSPS) is 12.3. The SMILES string of the molecule is CC(C)(C(=O)Nc1nc(-c2ccccc2)cs1)C(c1ccccc1)c1ccc(O)cc1. The number of aromatic hydroxyl groups is 1. The summed E-state index contributed by atoms with van der Waals surface area (Å²) in [7, 11) is 0. The van der Waals surface area contributed by atoms with Crippen LogP contribution in [-0.2, 0) is 4.79 Å². The lowest BCUT2D eigenvalue weighted by atomic mass is 9.70. The fourth-order valence-electron chi connectivity index (χ4n) is 3.80. The summed E-state index contributed by atoms with van der Waals surface area (Å²) in [4.78, 5) is 18.0. The van der Waals surface area contributed by atoms with Crippen LogP contribution in [0.25, 0.3) is 11.3 Å². The second-order valence-corrected chi connectivity index (χ2v) is 8.87. The molecule has 1 aromatic heterocycles. The van der Waals surface area contributed by atoms with Crippen molar-refractivity contribution >= 4 is 22.4 Å². The second-order valence-electron chi connectivity index (χ2n) is 8.01. The van der Waals surface area contributed by atoms with Crippen LogP contribution in [0.5, 0.6) is 5.75 Å². The predicted molar refractivity (Wildman–Crippen MR) is 126 cm³/mol. The number of phenolic OH excluding ortho intramolecular Hbond substituents is 1. The van der Waals surface area contributed by atoms with E-state index in [0.717, 1.165) is 22.4 Å². The Labute approximate surface area is 186 Å². The number of amides is 1. The highest BCUT2D eigenvalue weighted by molar-refractivity contribution is 7.14. The van der Waals surface area contributed by atoms with E-state index in [1.807, 2.05) is 92.0 Å². The van der Waals surface area contributed by atoms with Gasteiger partial charge in [0.05, 0.1) is 11.1 Å². The lowest BCUT2D eigenvalue weighted by Gasteiger charge is -2.33. The van der Waals surface area contributed by atoms with Crippen LogP contribution in [0, 0.1) is 5.41 Å². The smallest absolute Gasteiger partial charge is 0.232 e. The largest absolute Gasteiger partial charge is 0.508 e. The van der Waals surface area contributed by atoms with Crippen molar-refractivity contribution in [2.24, 2.45) is 5.41 Å². The van der Waals surface area contributed by atoms with Crippen LogP contribution in [0.4, 0.5) is 5.13 Å². The Bertz CT molecular complexity index is 1150. The fraction of sp³-hybridized carbons (Fsp3) is 0.154. The van der Waals surface area contributed by atoms with Gasteiger partial charge in [-0.25, -0.2) is 4.98 Å². The van der Waals surface area contributed by atoms with Crippen molar-refractivity contribution in [3.8, 4) is 17.0 Å². The highest BCUT2D eigenvalue weighted by atomic mass is 32.1. The Morgan fingerprint density at radius 3 is 2.13 bits per heavy atom. The van der Waals surface area contributed by atoms with Gasteiger partial charge in [0.15, 0.2) is 5.13 Å². The second kappa shape index (κ2) is 8.74. The van der Waals surface area contributed by atoms with Gasteiger partial charge in [-0.3, -0.25) is 4.79 Å². The van der Waals surface area contributed by atoms with Crippen molar-refractivity contribution in [2.75, 3.05) is 5.32 Å². The van der Waals surface area contributed by atoms with Gasteiger partial charge in [0.25, 0.3) is 0 Å². The van der Waals surface area contributed by atoms with Gasteiger partial charge >= 0.3 is 0 Å². The molecule has 4 rings (SSSR count). The van der Waals surface area contributed by atoms with Gasteiger partial charge in [0.1, 0.15) is 5.75 Å². The zero-order valence-corrected chi connectivity index (χ0v) is 18.3. The Kier molecular flexibility index (Phi) is 5.87. The molecule has 156 valence electrons. The fourth-order valence-corrected chi connectivity index (χ4v) is 4.51. The van der Waals surface area contributed by atoms with Crippen molar-refractivity contribution < 1.29 is 9.90 Å². The van der Waals surface area contributed by atoms with E-state index in [0.29, 0.717) is 5.13 Å². The molecule has 4 nitrogen and oxygen atoms in total. The van der Waals surface area contributed by atoms with Crippen LogP contribution >= 0.6 is 11.3 Å². The van der Waals surface area contributed by atoms with E-state index >= 15 is 0 Å². The molecule has 1 heterocycles. The Balaban J connectivity index is 1.63. The van der Waals surface area contributed by atoms with Crippen molar-refractivity contribution in [1.82, 2.24) is 4.98 Å². The van der Waals surface area contributed by atoms with Crippen molar-refractivity contribution in [1.29, 1.82) is 0 Å². The van der Waals surface area contributed by atoms with Crippen LogP contribution in [0.2, 0.25) is 0 Å². The summed E-state index contributed by atoms with van der Waals surface area (Å²) < 4.78 is 0. The third-order valence-corrected chi connectivity index (χ3v) is 6.22. The first kappa shape index (κ1) is 20.8. The number of phenols is 1. The number of nitrogens with one attached hydrogen (secondary N) is 1. The first-order valence-corrected chi connectivity index (χ1v) is 11.0. The number of carbonyl (C=O) groups is 1. The number of hydrogen-bond acceptors (Lipinski definition) is 4. The van der Waals surface area contributed by atoms with Crippen LogP contribution in [0.3, 0.4) is 0 Å². The summed E-state index contributed by atoms with van der Waals surface area (Å²) in [6, 6.07) is 27.0. The standard InChI is InChI=1S/C26H24N2O2S/c1-26(2,23(19-11-7-4-8-12-19)20-13-15-21(29)16-14-20)24(30)28-25-27-22(17-31-25)18-9-5-3-6-10-18/h3-17,23,29H,1-2H3,(H,27,28,30). The molecular formula is C26H24N2O2S. The highest BCUT2D eigenvalue weighted by Gasteiger charge is 2.39. The number of aromatic nitrogens is 1. The van der Waals surface area contributed by atoms with Crippen LogP contribution < -0.4 is 5.32 Å². The molecule has 0 aliphatic carbocycles. The molecule has 0 bridgehead atoms. The van der Waals surface area contributed by atoms with Gasteiger partial charge < -0.3 is 10.4 Å². The zero-order chi connectivity index (χ0) is 21.8. The molecule has 0 radical (unpaired) electrons. The van der Waals surface area contributed by atoms with Crippen molar-refractivity contribution in [3.63, 3.8) is 0 Å². The monoisotopic (exact) mass is 428 g/mol. The quantitative estimate of drug-likeness (QED) is 0.378. The molecule has 0 spiro atoms. The van der Waals surface area contributed by atoms with Gasteiger partial charge in [-0.2, -0.15) is 0 Å². The molecule has 1 amide bonds. The maximum Gasteiger partial charge on any atom is 0.232 e. The van der Waals surface area contributed by atoms with Crippen molar-refractivity contribution in [3.05, 3.63) is 101 Å². The molecule has 1 unspecified atom stereocenters. The van der Waals surface area contributed by atoms with Gasteiger partial charge in [-0.1, -0.05) is 86.6 Å². The minimum absolute atomic E-state index is 0.108. The van der Waals surface area contributed by atoms with Gasteiger partial charge in [0, 0.05) is 16.9 Å². The van der Waals surface area contributed by atoms with E-state index in [4.69, 9.17) is 0 Å². The predicted octanol–water partition coefficient (Wildman–Crippen LogP) is 6.31. The Morgan fingerprint density at radius 1 is 0.903 bits per heavy atom. The summed E-state index contributed by atoms with van der Waals surface area (Å²) in [6.45, 7) is 3.89. The number of thiazole rings is 1. The molecule has 0 aliphatic rings. The van der Waals surface area contributed by atoms with Crippen molar-refractivity contribution in [2.45, 2.75) is 19.8 Å². The van der Waals surface area contributed by atoms with Gasteiger partial charge in [0.2, 0.25) is 5.91 Å². The van der Waals surface area contributed by atoms with E-state index in [1.165, 1.54) is 11.3 Å². The topological polar surface area (TPSA) is 62.2 Å². The average Bonchev–Trinajstić information content (AvgIpc) is 3.25. The van der Waals surface area contributed by atoms with Crippen LogP contribution in [0.15, 0.2) is 90.3 Å². The number of nitrogens with zero attached hydrogens (tertiary/aromatic N) is 1. The van der Waals surface area contributed by atoms with Gasteiger partial charge in [-0.15, -0.1) is 11.3 Å². The third kappa shape index (κ3) is 4.52. The first-order chi connectivity index (χ1) is 14.9. The van der Waals surface area contributed by atoms with E-state index in [-0.39, 0.29) is 17.6 Å². The number of hydrogen-bond donors (Lipinski definition) is 2. The highest BCUT2D eigenvalue weighted by Crippen LogP contribution is 2.42. The molecule has 31 heavy (non-hydrogen) atoms. The first-order valence-electron chi connectivity index (χ1n) is 10.1. The summed E-state index contributed by atoms with van der Waals surface area (Å²) in [6.07, 6.45) is 0. The van der Waals surface area contributed by atoms with E-state index in [1.54, 1.807) is 12.1 Å². The van der Waals surface area contributed by atoms with E-state index in [9.17, 15) is 9.90 Å². The average molecular weight is 429 g/mol. The summed E-state index contributed by atoms with van der Waals surface area (Å²) >= 11 is 1.42. The van der Waals surface area contributed by atoms with E-state index in [2.05, 4.69) is 10.3 Å². The third-order valence-electron chi connectivity index (χ3n) is 5.46. The maximum atomic E-state index is 13.4. The number of rotatable bonds is 6. The van der Waals surface area contributed by atoms with Gasteiger partial charge in [-0.05, 0) is 23.3 Å². The molecule has 0 saturated heterocycles. The molecule has 1 atom stereocenters. The van der Waals surface area contributed by atoms with E-state index < -0.39 is 5.41 Å². The zero-order valence-electron chi connectivity index (χ0n) is 17.4. The van der Waals surface area contributed by atoms with Crippen LogP contribution in [0.1, 0.15) is 30.9 Å². The minimum Gasteiger partial charge on any atom is -0.508 e. The number of benzene rings is 3. The summed E-state index contributed by atoms with van der Waals surface area (Å²) in [5.74, 6) is -0.0970. The molecule has 4 aromatic rings. The number of carbonyl (C=O) groups excluding carboxylic acids is 1. The Morgan fingerprint density at radius 2 is 1.48 bits per heavy atom. The summed E-state index contributed by atoms with van der Waals surface area (Å²) in [5, 5.41) is 15.3. The maximum absolute atomic E-state index is 13.4.